The highest BCUT2D eigenvalue weighted by molar-refractivity contribution is 7.99. The fourth-order valence-corrected chi connectivity index (χ4v) is 5.92. The molecule has 0 fully saturated rings. The molecule has 26 heavy (non-hydrogen) atoms. The minimum atomic E-state index is 0.956. The lowest BCUT2D eigenvalue weighted by Crippen LogP contribution is -1.99. The van der Waals surface area contributed by atoms with Crippen molar-refractivity contribution in [3.05, 3.63) is 40.8 Å². The number of aryl methyl sites for hydroxylation is 2. The molecule has 0 aliphatic heterocycles. The van der Waals surface area contributed by atoms with E-state index in [9.17, 15) is 0 Å². The van der Waals surface area contributed by atoms with E-state index in [1.807, 2.05) is 17.4 Å². The van der Waals surface area contributed by atoms with Gasteiger partial charge in [-0.1, -0.05) is 55.4 Å². The molecule has 3 heterocycles. The van der Waals surface area contributed by atoms with Crippen molar-refractivity contribution in [3.8, 4) is 11.4 Å². The molecule has 1 aliphatic carbocycles. The topological polar surface area (TPSA) is 43.1 Å². The van der Waals surface area contributed by atoms with Gasteiger partial charge in [0.05, 0.1) is 5.39 Å². The normalized spacial score (nSPS) is 13.7. The average molecular weight is 381 g/mol. The second-order valence-corrected chi connectivity index (χ2v) is 8.83. The molecule has 0 N–H and O–H groups in total. The highest BCUT2D eigenvalue weighted by atomic mass is 32.2. The van der Waals surface area contributed by atoms with Crippen LogP contribution in [0.5, 0.6) is 0 Å². The van der Waals surface area contributed by atoms with Gasteiger partial charge in [-0.3, -0.25) is 4.40 Å². The van der Waals surface area contributed by atoms with Crippen molar-refractivity contribution >= 4 is 39.0 Å². The molecule has 6 heteroatoms. The first-order valence-electron chi connectivity index (χ1n) is 9.24. The molecule has 1 aliphatic rings. The van der Waals surface area contributed by atoms with E-state index in [1.165, 1.54) is 41.5 Å². The summed E-state index contributed by atoms with van der Waals surface area (Å²) in [4.78, 5) is 7.68. The summed E-state index contributed by atoms with van der Waals surface area (Å²) in [6.07, 6.45) is 5.94. The van der Waals surface area contributed by atoms with Crippen molar-refractivity contribution < 1.29 is 0 Å². The number of thiophene rings is 1. The van der Waals surface area contributed by atoms with Crippen molar-refractivity contribution in [1.29, 1.82) is 0 Å². The Kier molecular flexibility index (Phi) is 4.17. The molecule has 0 saturated carbocycles. The van der Waals surface area contributed by atoms with E-state index in [1.54, 1.807) is 11.8 Å². The van der Waals surface area contributed by atoms with Crippen molar-refractivity contribution in [3.63, 3.8) is 0 Å². The van der Waals surface area contributed by atoms with Gasteiger partial charge < -0.3 is 0 Å². The maximum atomic E-state index is 5.09. The van der Waals surface area contributed by atoms with Crippen molar-refractivity contribution in [2.24, 2.45) is 0 Å². The Hall–Kier alpha value is -1.92. The summed E-state index contributed by atoms with van der Waals surface area (Å²) in [5.74, 6) is 2.02. The zero-order valence-electron chi connectivity index (χ0n) is 14.7. The summed E-state index contributed by atoms with van der Waals surface area (Å²) in [7, 11) is 0. The van der Waals surface area contributed by atoms with Gasteiger partial charge in [0, 0.05) is 16.2 Å². The van der Waals surface area contributed by atoms with Crippen LogP contribution < -0.4 is 0 Å². The number of fused-ring (bicyclic) bond motifs is 5. The first-order chi connectivity index (χ1) is 12.9. The van der Waals surface area contributed by atoms with Gasteiger partial charge in [0.1, 0.15) is 10.7 Å². The van der Waals surface area contributed by atoms with Crippen LogP contribution in [-0.4, -0.2) is 25.3 Å². The molecule has 132 valence electrons. The van der Waals surface area contributed by atoms with Crippen LogP contribution in [0.4, 0.5) is 0 Å². The molecule has 5 rings (SSSR count). The summed E-state index contributed by atoms with van der Waals surface area (Å²) in [6, 6.07) is 10.4. The van der Waals surface area contributed by atoms with Crippen LogP contribution >= 0.6 is 23.1 Å². The van der Waals surface area contributed by atoms with Crippen LogP contribution in [0, 0.1) is 0 Å². The Morgan fingerprint density at radius 2 is 2.04 bits per heavy atom. The highest BCUT2D eigenvalue weighted by Gasteiger charge is 2.24. The van der Waals surface area contributed by atoms with Gasteiger partial charge in [0.25, 0.3) is 0 Å². The summed E-state index contributed by atoms with van der Waals surface area (Å²) in [5, 5.41) is 11.4. The third kappa shape index (κ3) is 2.55. The van der Waals surface area contributed by atoms with Gasteiger partial charge in [-0.2, -0.15) is 0 Å². The van der Waals surface area contributed by atoms with Crippen LogP contribution in [0.25, 0.3) is 27.3 Å². The zero-order valence-corrected chi connectivity index (χ0v) is 16.4. The van der Waals surface area contributed by atoms with Gasteiger partial charge in [-0.05, 0) is 31.2 Å². The van der Waals surface area contributed by atoms with Gasteiger partial charge >= 0.3 is 0 Å². The number of hydrogen-bond acceptors (Lipinski definition) is 5. The molecule has 0 amide bonds. The van der Waals surface area contributed by atoms with Crippen LogP contribution in [0.15, 0.2) is 35.5 Å². The molecule has 0 bridgehead atoms. The Labute approximate surface area is 160 Å². The van der Waals surface area contributed by atoms with E-state index in [0.717, 1.165) is 39.2 Å². The van der Waals surface area contributed by atoms with Gasteiger partial charge in [-0.25, -0.2) is 4.98 Å². The lowest BCUT2D eigenvalue weighted by Gasteiger charge is -2.08. The smallest absolute Gasteiger partial charge is 0.197 e. The third-order valence-electron chi connectivity index (χ3n) is 4.94. The highest BCUT2D eigenvalue weighted by Crippen LogP contribution is 2.40. The first-order valence-corrected chi connectivity index (χ1v) is 11.0. The molecule has 4 nitrogen and oxygen atoms in total. The summed E-state index contributed by atoms with van der Waals surface area (Å²) in [5.41, 5.74) is 3.55. The largest absolute Gasteiger partial charge is 0.253 e. The second kappa shape index (κ2) is 6.67. The fraction of sp³-hybridized carbons (Fsp3) is 0.350. The van der Waals surface area contributed by atoms with Crippen LogP contribution in [0.1, 0.15) is 36.6 Å². The van der Waals surface area contributed by atoms with E-state index >= 15 is 0 Å². The summed E-state index contributed by atoms with van der Waals surface area (Å²) in [6.45, 7) is 2.22. The first kappa shape index (κ1) is 16.3. The Bertz CT molecular complexity index is 1080. The molecule has 3 aromatic heterocycles. The monoisotopic (exact) mass is 380 g/mol. The predicted molar refractivity (Wildman–Crippen MR) is 109 cm³/mol. The fourth-order valence-electron chi connectivity index (χ4n) is 3.65. The van der Waals surface area contributed by atoms with E-state index in [0.29, 0.717) is 0 Å². The number of thioether (sulfide) groups is 1. The van der Waals surface area contributed by atoms with Crippen molar-refractivity contribution in [2.75, 3.05) is 5.75 Å². The number of nitrogens with zero attached hydrogens (tertiary/aromatic N) is 4. The van der Waals surface area contributed by atoms with E-state index in [2.05, 4.69) is 45.8 Å². The SMILES string of the molecule is CCCCSc1nnc2c3c4c(sc3nc(-c3ccccc3)n12)CCC4. The van der Waals surface area contributed by atoms with Crippen molar-refractivity contribution in [2.45, 2.75) is 44.2 Å². The number of aromatic nitrogens is 4. The minimum Gasteiger partial charge on any atom is -0.253 e. The number of unbranched alkanes of at least 4 members (excludes halogenated alkanes) is 1. The van der Waals surface area contributed by atoms with Crippen molar-refractivity contribution in [1.82, 2.24) is 19.6 Å². The zero-order chi connectivity index (χ0) is 17.5. The van der Waals surface area contributed by atoms with Crippen LogP contribution in [0.2, 0.25) is 0 Å². The molecule has 4 aromatic rings. The summed E-state index contributed by atoms with van der Waals surface area (Å²) >= 11 is 3.63. The van der Waals surface area contributed by atoms with Gasteiger partial charge in [-0.15, -0.1) is 21.5 Å². The number of rotatable bonds is 5. The third-order valence-corrected chi connectivity index (χ3v) is 7.14. The van der Waals surface area contributed by atoms with E-state index < -0.39 is 0 Å². The van der Waals surface area contributed by atoms with Crippen LogP contribution in [0.3, 0.4) is 0 Å². The van der Waals surface area contributed by atoms with Gasteiger partial charge in [0.2, 0.25) is 0 Å². The molecule has 1 aromatic carbocycles. The standard InChI is InChI=1S/C20H20N4S2/c1-2-3-12-25-20-23-22-18-16-14-10-7-11-15(14)26-19(16)21-17(24(18)20)13-8-5-4-6-9-13/h4-6,8-9H,2-3,7,10-12H2,1H3. The second-order valence-electron chi connectivity index (χ2n) is 6.68. The molecule has 0 atom stereocenters. The average Bonchev–Trinajstić information content (AvgIpc) is 3.36. The van der Waals surface area contributed by atoms with E-state index in [4.69, 9.17) is 4.98 Å². The minimum absolute atomic E-state index is 0.956. The Balaban J connectivity index is 1.78. The molecular formula is C20H20N4S2. The molecular weight excluding hydrogens is 360 g/mol. The lowest BCUT2D eigenvalue weighted by molar-refractivity contribution is 0.878. The molecule has 0 radical (unpaired) electrons. The Morgan fingerprint density at radius 3 is 2.88 bits per heavy atom. The lowest BCUT2D eigenvalue weighted by atomic mass is 10.1. The summed E-state index contributed by atoms with van der Waals surface area (Å²) < 4.78 is 2.18. The molecule has 0 spiro atoms. The van der Waals surface area contributed by atoms with E-state index in [-0.39, 0.29) is 0 Å². The number of benzene rings is 1. The quantitative estimate of drug-likeness (QED) is 0.344. The molecule has 0 unspecified atom stereocenters. The Morgan fingerprint density at radius 1 is 1.15 bits per heavy atom. The van der Waals surface area contributed by atoms with Crippen LogP contribution in [-0.2, 0) is 12.8 Å². The maximum absolute atomic E-state index is 5.09. The van der Waals surface area contributed by atoms with Gasteiger partial charge in [0.15, 0.2) is 10.8 Å². The maximum Gasteiger partial charge on any atom is 0.197 e. The predicted octanol–water partition coefficient (Wildman–Crippen LogP) is 5.39. The number of hydrogen-bond donors (Lipinski definition) is 0. The molecule has 0 saturated heterocycles.